The molecule has 0 fully saturated rings. The Bertz CT molecular complexity index is 146. The van der Waals surface area contributed by atoms with Crippen LogP contribution in [0.4, 0.5) is 0 Å². The van der Waals surface area contributed by atoms with Crippen LogP contribution in [-0.2, 0) is 0 Å². The van der Waals surface area contributed by atoms with Gasteiger partial charge in [-0.05, 0) is 25.6 Å². The lowest BCUT2D eigenvalue weighted by Crippen LogP contribution is -2.35. The van der Waals surface area contributed by atoms with Crippen LogP contribution in [0.25, 0.3) is 0 Å². The maximum atomic E-state index is 9.38. The van der Waals surface area contributed by atoms with E-state index in [4.69, 9.17) is 5.41 Å². The highest BCUT2D eigenvalue weighted by Crippen LogP contribution is 1.99. The summed E-state index contributed by atoms with van der Waals surface area (Å²) in [6, 6.07) is 0. The summed E-state index contributed by atoms with van der Waals surface area (Å²) in [5.41, 5.74) is 0. The highest BCUT2D eigenvalue weighted by Gasteiger charge is 2.20. The molecule has 10 heavy (non-hydrogen) atoms. The minimum absolute atomic E-state index is 0.398. The highest BCUT2D eigenvalue weighted by molar-refractivity contribution is 7.01. The first-order chi connectivity index (χ1) is 4.48. The van der Waals surface area contributed by atoms with E-state index in [0.717, 1.165) is 6.42 Å². The fourth-order valence-corrected chi connectivity index (χ4v) is 0.965. The monoisotopic (exact) mass is 157 g/mol. The predicted molar refractivity (Wildman–Crippen MR) is 46.9 cm³/mol. The third-order valence-electron chi connectivity index (χ3n) is 1.18. The molecule has 0 radical (unpaired) electrons. The van der Waals surface area contributed by atoms with Gasteiger partial charge < -0.3 is 10.2 Å². The molecule has 0 rings (SSSR count). The Morgan fingerprint density at radius 3 is 2.40 bits per heavy atom. The average Bonchev–Trinajstić information content (AvgIpc) is 1.80. The molecule has 0 aromatic rings. The molecule has 0 atom stereocenters. The lowest BCUT2D eigenvalue weighted by molar-refractivity contribution is 0.572. The van der Waals surface area contributed by atoms with Crippen molar-refractivity contribution in [2.24, 2.45) is 0 Å². The third-order valence-corrected chi connectivity index (χ3v) is 2.66. The molecular weight excluding hydrogens is 142 g/mol. The van der Waals surface area contributed by atoms with Gasteiger partial charge in [0.1, 0.15) is 0 Å². The van der Waals surface area contributed by atoms with E-state index in [1.165, 1.54) is 0 Å². The molecule has 0 aliphatic rings. The first-order valence-corrected chi connectivity index (χ1v) is 6.41. The summed E-state index contributed by atoms with van der Waals surface area (Å²) in [5, 5.41) is 7.77. The van der Waals surface area contributed by atoms with E-state index in [1.807, 2.05) is 13.0 Å². The van der Waals surface area contributed by atoms with E-state index >= 15 is 0 Å². The summed E-state index contributed by atoms with van der Waals surface area (Å²) in [7, 11) is -2.30. The minimum Gasteiger partial charge on any atom is -0.426 e. The van der Waals surface area contributed by atoms with Crippen LogP contribution in [0.1, 0.15) is 13.3 Å². The maximum absolute atomic E-state index is 9.38. The fraction of sp³-hybridized carbons (Fsp3) is 0.571. The topological polar surface area (TPSA) is 44.1 Å². The fourth-order valence-electron chi connectivity index (χ4n) is 0.440. The second-order valence-electron chi connectivity index (χ2n) is 2.78. The van der Waals surface area contributed by atoms with Crippen LogP contribution in [0.3, 0.4) is 0 Å². The quantitative estimate of drug-likeness (QED) is 0.475. The summed E-state index contributed by atoms with van der Waals surface area (Å²) in [5.74, 6) is 0. The highest BCUT2D eigenvalue weighted by atomic mass is 28.4. The van der Waals surface area contributed by atoms with Gasteiger partial charge >= 0.3 is 0 Å². The van der Waals surface area contributed by atoms with Gasteiger partial charge in [0.15, 0.2) is 0 Å². The normalized spacial score (nSPS) is 12.4. The molecule has 0 saturated heterocycles. The molecule has 0 spiro atoms. The Morgan fingerprint density at radius 2 is 2.10 bits per heavy atom. The summed E-state index contributed by atoms with van der Waals surface area (Å²) in [6.07, 6.45) is 4.52. The standard InChI is InChI=1S/C7H15NOSi/c1-4-5-6-7(8)10(2,3)9/h5-6,8-9H,4H2,1-3H3/b6-5-,8-7?. The molecule has 0 aromatic carbocycles. The number of hydrogen-bond donors (Lipinski definition) is 2. The largest absolute Gasteiger partial charge is 0.426 e. The van der Waals surface area contributed by atoms with Gasteiger partial charge in [0, 0.05) is 5.33 Å². The van der Waals surface area contributed by atoms with Crippen LogP contribution in [0, 0.1) is 5.41 Å². The number of hydrogen-bond acceptors (Lipinski definition) is 2. The van der Waals surface area contributed by atoms with E-state index in [-0.39, 0.29) is 0 Å². The summed E-state index contributed by atoms with van der Waals surface area (Å²) >= 11 is 0. The molecule has 0 aliphatic heterocycles. The van der Waals surface area contributed by atoms with E-state index in [1.54, 1.807) is 19.2 Å². The van der Waals surface area contributed by atoms with Crippen molar-refractivity contribution < 1.29 is 4.80 Å². The summed E-state index contributed by atoms with van der Waals surface area (Å²) < 4.78 is 0. The third kappa shape index (κ3) is 3.58. The SMILES string of the molecule is CC/C=C\C(=N)[Si](C)(C)O. The van der Waals surface area contributed by atoms with Crippen molar-refractivity contribution in [2.75, 3.05) is 0 Å². The molecule has 0 amide bonds. The molecule has 3 heteroatoms. The zero-order chi connectivity index (χ0) is 8.20. The lowest BCUT2D eigenvalue weighted by Gasteiger charge is -2.11. The van der Waals surface area contributed by atoms with E-state index in [9.17, 15) is 4.80 Å². The first-order valence-electron chi connectivity index (χ1n) is 3.46. The second-order valence-corrected chi connectivity index (χ2v) is 6.44. The van der Waals surface area contributed by atoms with Crippen molar-refractivity contribution in [3.63, 3.8) is 0 Å². The van der Waals surface area contributed by atoms with E-state index < -0.39 is 8.32 Å². The van der Waals surface area contributed by atoms with Gasteiger partial charge in [0.25, 0.3) is 0 Å². The molecule has 0 bridgehead atoms. The number of allylic oxidation sites excluding steroid dienone is 2. The van der Waals surface area contributed by atoms with E-state index in [2.05, 4.69) is 0 Å². The molecule has 2 N–H and O–H groups in total. The van der Waals surface area contributed by atoms with Gasteiger partial charge in [0.2, 0.25) is 8.32 Å². The predicted octanol–water partition coefficient (Wildman–Crippen LogP) is 1.71. The number of nitrogens with one attached hydrogen (secondary N) is 1. The lowest BCUT2D eigenvalue weighted by atomic mass is 10.4. The Hall–Kier alpha value is -0.413. The van der Waals surface area contributed by atoms with Crippen LogP contribution in [-0.4, -0.2) is 18.4 Å². The molecule has 0 aliphatic carbocycles. The minimum atomic E-state index is -2.30. The van der Waals surface area contributed by atoms with Crippen molar-refractivity contribution in [3.8, 4) is 0 Å². The van der Waals surface area contributed by atoms with Gasteiger partial charge in [-0.15, -0.1) is 0 Å². The molecule has 0 unspecified atom stereocenters. The Kier molecular flexibility index (Phi) is 3.53. The molecule has 2 nitrogen and oxygen atoms in total. The van der Waals surface area contributed by atoms with Crippen molar-refractivity contribution in [1.29, 1.82) is 5.41 Å². The molecule has 0 saturated carbocycles. The van der Waals surface area contributed by atoms with Crippen LogP contribution in [0.5, 0.6) is 0 Å². The zero-order valence-electron chi connectivity index (χ0n) is 6.81. The van der Waals surface area contributed by atoms with Gasteiger partial charge in [-0.1, -0.05) is 13.0 Å². The second kappa shape index (κ2) is 3.68. The van der Waals surface area contributed by atoms with Gasteiger partial charge in [-0.25, -0.2) is 0 Å². The van der Waals surface area contributed by atoms with Gasteiger partial charge in [-0.2, -0.15) is 0 Å². The van der Waals surface area contributed by atoms with Crippen LogP contribution in [0.2, 0.25) is 13.1 Å². The molecule has 0 heterocycles. The Labute approximate surface area is 63.2 Å². The molecule has 58 valence electrons. The first kappa shape index (κ1) is 9.59. The van der Waals surface area contributed by atoms with Gasteiger partial charge in [0.05, 0.1) is 0 Å². The maximum Gasteiger partial charge on any atom is 0.232 e. The summed E-state index contributed by atoms with van der Waals surface area (Å²) in [6.45, 7) is 5.50. The molecular formula is C7H15NOSi. The molecule has 0 aromatic heterocycles. The Morgan fingerprint density at radius 1 is 1.60 bits per heavy atom. The number of rotatable bonds is 3. The van der Waals surface area contributed by atoms with Gasteiger partial charge in [-0.3, -0.25) is 0 Å². The van der Waals surface area contributed by atoms with E-state index in [0.29, 0.717) is 5.33 Å². The van der Waals surface area contributed by atoms with Crippen LogP contribution < -0.4 is 0 Å². The van der Waals surface area contributed by atoms with Crippen molar-refractivity contribution in [1.82, 2.24) is 0 Å². The summed E-state index contributed by atoms with van der Waals surface area (Å²) in [4.78, 5) is 9.38. The van der Waals surface area contributed by atoms with Crippen LogP contribution >= 0.6 is 0 Å². The smallest absolute Gasteiger partial charge is 0.232 e. The van der Waals surface area contributed by atoms with Crippen molar-refractivity contribution >= 4 is 13.7 Å². The van der Waals surface area contributed by atoms with Crippen molar-refractivity contribution in [2.45, 2.75) is 26.4 Å². The zero-order valence-corrected chi connectivity index (χ0v) is 7.81. The van der Waals surface area contributed by atoms with Crippen molar-refractivity contribution in [3.05, 3.63) is 12.2 Å². The average molecular weight is 157 g/mol. The Balaban J connectivity index is 3.98. The van der Waals surface area contributed by atoms with Crippen LogP contribution in [0.15, 0.2) is 12.2 Å².